The van der Waals surface area contributed by atoms with Crippen molar-refractivity contribution >= 4 is 29.1 Å². The highest BCUT2D eigenvalue weighted by atomic mass is 35.5. The van der Waals surface area contributed by atoms with E-state index in [2.05, 4.69) is 25.5 Å². The van der Waals surface area contributed by atoms with Crippen molar-refractivity contribution < 1.29 is 14.3 Å². The van der Waals surface area contributed by atoms with Crippen LogP contribution < -0.4 is 15.8 Å². The number of aromatic nitrogens is 4. The van der Waals surface area contributed by atoms with Gasteiger partial charge >= 0.3 is 0 Å². The highest BCUT2D eigenvalue weighted by molar-refractivity contribution is 6.30. The van der Waals surface area contributed by atoms with Crippen LogP contribution in [0.4, 0.5) is 11.6 Å². The average molecular weight is 466 g/mol. The van der Waals surface area contributed by atoms with Gasteiger partial charge in [0.2, 0.25) is 11.9 Å². The number of methoxy groups -OCH3 is 1. The maximum absolute atomic E-state index is 12.5. The maximum atomic E-state index is 12.5. The topological polar surface area (TPSA) is 126 Å². The van der Waals surface area contributed by atoms with Gasteiger partial charge in [0.15, 0.2) is 0 Å². The van der Waals surface area contributed by atoms with Crippen LogP contribution in [0.15, 0.2) is 23.4 Å². The lowest BCUT2D eigenvalue weighted by Crippen LogP contribution is -2.49. The molecule has 3 heterocycles. The molecule has 0 saturated carbocycles. The minimum atomic E-state index is -0.250. The molecular weight excluding hydrogens is 438 g/mol. The smallest absolute Gasteiger partial charge is 0.269 e. The zero-order chi connectivity index (χ0) is 22.9. The largest absolute Gasteiger partial charge is 0.382 e. The number of anilines is 2. The molecule has 1 aliphatic rings. The van der Waals surface area contributed by atoms with Crippen molar-refractivity contribution in [3.05, 3.63) is 39.5 Å². The third kappa shape index (κ3) is 6.62. The maximum Gasteiger partial charge on any atom is 0.269 e. The van der Waals surface area contributed by atoms with Gasteiger partial charge in [-0.05, 0) is 6.92 Å². The highest BCUT2D eigenvalue weighted by Gasteiger charge is 2.22. The number of ether oxygens (including phenoxy) is 2. The summed E-state index contributed by atoms with van der Waals surface area (Å²) in [5.74, 6) is 0.667. The molecule has 1 saturated heterocycles. The number of nitrogens with zero attached hydrogens (tertiary/aromatic N) is 5. The van der Waals surface area contributed by atoms with Crippen LogP contribution >= 0.6 is 11.6 Å². The molecule has 1 atom stereocenters. The van der Waals surface area contributed by atoms with Gasteiger partial charge in [-0.2, -0.15) is 5.10 Å². The first-order valence-electron chi connectivity index (χ1n) is 10.4. The van der Waals surface area contributed by atoms with Crippen LogP contribution in [0.1, 0.15) is 12.0 Å². The minimum Gasteiger partial charge on any atom is -0.382 e. The Morgan fingerprint density at radius 3 is 2.62 bits per heavy atom. The molecule has 0 spiro atoms. The zero-order valence-corrected chi connectivity index (χ0v) is 19.0. The molecule has 3 rings (SSSR count). The van der Waals surface area contributed by atoms with E-state index in [0.717, 1.165) is 0 Å². The number of nitrogens with one attached hydrogen (secondary N) is 2. The minimum absolute atomic E-state index is 0.0487. The number of H-pyrrole nitrogens is 1. The van der Waals surface area contributed by atoms with Crippen molar-refractivity contribution in [2.45, 2.75) is 19.4 Å². The first kappa shape index (κ1) is 23.9. The van der Waals surface area contributed by atoms with Crippen molar-refractivity contribution in [3.8, 4) is 0 Å². The lowest BCUT2D eigenvalue weighted by atomic mass is 10.2. The van der Waals surface area contributed by atoms with E-state index in [1.807, 2.05) is 9.80 Å². The quantitative estimate of drug-likeness (QED) is 0.487. The predicted octanol–water partition coefficient (Wildman–Crippen LogP) is 0.704. The first-order chi connectivity index (χ1) is 15.5. The van der Waals surface area contributed by atoms with Gasteiger partial charge in [0.05, 0.1) is 61.6 Å². The van der Waals surface area contributed by atoms with Crippen LogP contribution in [0.2, 0.25) is 5.02 Å². The third-order valence-electron chi connectivity index (χ3n) is 5.13. The van der Waals surface area contributed by atoms with E-state index in [4.69, 9.17) is 21.1 Å². The number of hydrogen-bond acceptors (Lipinski definition) is 9. The average Bonchev–Trinajstić information content (AvgIpc) is 2.80. The van der Waals surface area contributed by atoms with Crippen LogP contribution in [0.25, 0.3) is 0 Å². The fourth-order valence-corrected chi connectivity index (χ4v) is 3.42. The molecule has 1 fully saturated rings. The van der Waals surface area contributed by atoms with E-state index in [9.17, 15) is 9.59 Å². The van der Waals surface area contributed by atoms with Crippen LogP contribution in [-0.4, -0.2) is 90.1 Å². The fraction of sp³-hybridized carbons (Fsp3) is 0.550. The Balaban J connectivity index is 1.39. The summed E-state index contributed by atoms with van der Waals surface area (Å²) in [4.78, 5) is 36.5. The molecule has 0 unspecified atom stereocenters. The lowest BCUT2D eigenvalue weighted by Gasteiger charge is -2.34. The number of carbonyl (C=O) groups excluding carboxylic acids is 1. The molecule has 12 heteroatoms. The summed E-state index contributed by atoms with van der Waals surface area (Å²) >= 11 is 5.83. The normalized spacial score (nSPS) is 15.0. The van der Waals surface area contributed by atoms with Crippen molar-refractivity contribution in [2.24, 2.45) is 0 Å². The molecule has 0 radical (unpaired) electrons. The van der Waals surface area contributed by atoms with Gasteiger partial charge in [-0.1, -0.05) is 11.6 Å². The van der Waals surface area contributed by atoms with E-state index in [1.54, 1.807) is 32.6 Å². The Labute approximate surface area is 191 Å². The van der Waals surface area contributed by atoms with Crippen molar-refractivity contribution in [3.63, 3.8) is 0 Å². The van der Waals surface area contributed by atoms with Crippen LogP contribution in [0, 0.1) is 6.92 Å². The van der Waals surface area contributed by atoms with E-state index in [0.29, 0.717) is 74.6 Å². The number of halogens is 1. The highest BCUT2D eigenvalue weighted by Crippen LogP contribution is 2.14. The van der Waals surface area contributed by atoms with Crippen molar-refractivity contribution in [1.82, 2.24) is 25.1 Å². The summed E-state index contributed by atoms with van der Waals surface area (Å²) in [7, 11) is 1.59. The summed E-state index contributed by atoms with van der Waals surface area (Å²) in [5, 5.41) is 9.91. The second kappa shape index (κ2) is 11.7. The summed E-state index contributed by atoms with van der Waals surface area (Å²) in [5.41, 5.74) is 0.915. The van der Waals surface area contributed by atoms with Crippen LogP contribution in [-0.2, 0) is 14.3 Å². The van der Waals surface area contributed by atoms with Gasteiger partial charge in [0.1, 0.15) is 0 Å². The summed E-state index contributed by atoms with van der Waals surface area (Å²) in [6.45, 7) is 5.26. The summed E-state index contributed by atoms with van der Waals surface area (Å²) < 4.78 is 10.9. The van der Waals surface area contributed by atoms with Crippen molar-refractivity contribution in [2.75, 3.05) is 63.3 Å². The van der Waals surface area contributed by atoms with Gasteiger partial charge in [-0.25, -0.2) is 15.1 Å². The van der Waals surface area contributed by atoms with Gasteiger partial charge in [-0.15, -0.1) is 0 Å². The standard InChI is InChI=1S/C20H28ClN7O4/c1-14-17(11-24-26-19(14)30)25-16(12-31-2)13-32-8-3-18(29)27-4-6-28(7-5-27)20-22-9-15(21)10-23-20/h9-11,16H,3-8,12-13H2,1-2H3,(H2,25,26,30)/t16-/m1/s1. The zero-order valence-electron chi connectivity index (χ0n) is 18.2. The molecule has 2 N–H and O–H groups in total. The molecule has 0 aliphatic carbocycles. The number of aromatic amines is 1. The number of rotatable bonds is 10. The summed E-state index contributed by atoms with van der Waals surface area (Å²) in [6.07, 6.45) is 4.98. The molecule has 1 amide bonds. The lowest BCUT2D eigenvalue weighted by molar-refractivity contribution is -0.132. The van der Waals surface area contributed by atoms with Gasteiger partial charge in [0.25, 0.3) is 5.56 Å². The van der Waals surface area contributed by atoms with E-state index in [-0.39, 0.29) is 17.5 Å². The summed E-state index contributed by atoms with van der Waals surface area (Å²) in [6, 6.07) is -0.180. The Morgan fingerprint density at radius 2 is 1.94 bits per heavy atom. The molecule has 0 aromatic carbocycles. The first-order valence-corrected chi connectivity index (χ1v) is 10.7. The molecule has 32 heavy (non-hydrogen) atoms. The van der Waals surface area contributed by atoms with Gasteiger partial charge in [0, 0.05) is 38.9 Å². The van der Waals surface area contributed by atoms with Gasteiger partial charge < -0.3 is 24.6 Å². The van der Waals surface area contributed by atoms with Gasteiger partial charge in [-0.3, -0.25) is 9.59 Å². The second-order valence-corrected chi connectivity index (χ2v) is 7.86. The fourth-order valence-electron chi connectivity index (χ4n) is 3.32. The molecule has 11 nitrogen and oxygen atoms in total. The molecule has 0 bridgehead atoms. The molecule has 2 aromatic heterocycles. The Hall–Kier alpha value is -2.76. The second-order valence-electron chi connectivity index (χ2n) is 7.43. The van der Waals surface area contributed by atoms with E-state index < -0.39 is 0 Å². The number of hydrogen-bond donors (Lipinski definition) is 2. The molecule has 2 aromatic rings. The third-order valence-corrected chi connectivity index (χ3v) is 5.33. The Morgan fingerprint density at radius 1 is 1.22 bits per heavy atom. The van der Waals surface area contributed by atoms with Crippen LogP contribution in [0.3, 0.4) is 0 Å². The van der Waals surface area contributed by atoms with E-state index >= 15 is 0 Å². The molecule has 1 aliphatic heterocycles. The Kier molecular flexibility index (Phi) is 8.77. The van der Waals surface area contributed by atoms with Crippen molar-refractivity contribution in [1.29, 1.82) is 0 Å². The van der Waals surface area contributed by atoms with E-state index in [1.165, 1.54) is 0 Å². The van der Waals surface area contributed by atoms with Crippen LogP contribution in [0.5, 0.6) is 0 Å². The number of piperazine rings is 1. The molecular formula is C20H28ClN7O4. The SMILES string of the molecule is COC[C@H](COCCC(=O)N1CCN(c2ncc(Cl)cn2)CC1)Nc1cn[nH]c(=O)c1C. The monoisotopic (exact) mass is 465 g/mol. The predicted molar refractivity (Wildman–Crippen MR) is 120 cm³/mol. The number of carbonyl (C=O) groups is 1. The number of amides is 1. The Bertz CT molecular complexity index is 932. The molecule has 174 valence electrons.